The number of ketones is 1. The van der Waals surface area contributed by atoms with Gasteiger partial charge in [0.25, 0.3) is 0 Å². The quantitative estimate of drug-likeness (QED) is 0.590. The first-order valence-electron chi connectivity index (χ1n) is 6.88. The summed E-state index contributed by atoms with van der Waals surface area (Å²) in [7, 11) is -0.514. The molecule has 2 aliphatic rings. The smallest absolute Gasteiger partial charge is 0.309 e. The predicted octanol–water partition coefficient (Wildman–Crippen LogP) is 2.38. The molecule has 5 heteroatoms. The maximum absolute atomic E-state index is 11.9. The van der Waals surface area contributed by atoms with Gasteiger partial charge in [0.05, 0.1) is 19.1 Å². The molecule has 0 heterocycles. The SMILES string of the molecule is COC(=O)[C@H]1[C@@H]2C(=O)C[C@@H](O[Si](C)(C)C(C)(C)C)[C@@H]21. The Hall–Kier alpha value is -0.683. The number of hydrogen-bond acceptors (Lipinski definition) is 4. The van der Waals surface area contributed by atoms with Crippen LogP contribution in [0.3, 0.4) is 0 Å². The zero-order chi connectivity index (χ0) is 14.6. The minimum atomic E-state index is -1.89. The fourth-order valence-corrected chi connectivity index (χ4v) is 4.15. The highest BCUT2D eigenvalue weighted by Gasteiger charge is 2.68. The molecule has 0 N–H and O–H groups in total. The lowest BCUT2D eigenvalue weighted by atomic mass is 10.1. The number of carbonyl (C=O) groups excluding carboxylic acids is 2. The van der Waals surface area contributed by atoms with E-state index in [0.29, 0.717) is 6.42 Å². The molecular weight excluding hydrogens is 260 g/mol. The molecule has 0 aromatic rings. The molecule has 2 fully saturated rings. The molecule has 2 rings (SSSR count). The Morgan fingerprint density at radius 2 is 1.89 bits per heavy atom. The molecule has 2 aliphatic carbocycles. The molecule has 108 valence electrons. The van der Waals surface area contributed by atoms with Gasteiger partial charge in [-0.25, -0.2) is 0 Å². The van der Waals surface area contributed by atoms with Gasteiger partial charge >= 0.3 is 5.97 Å². The summed E-state index contributed by atoms with van der Waals surface area (Å²) >= 11 is 0. The largest absolute Gasteiger partial charge is 0.469 e. The number of methoxy groups -OCH3 is 1. The molecular formula is C14H24O4Si. The molecule has 0 aliphatic heterocycles. The lowest BCUT2D eigenvalue weighted by Crippen LogP contribution is -2.44. The molecule has 0 aromatic carbocycles. The van der Waals surface area contributed by atoms with Gasteiger partial charge in [0.15, 0.2) is 8.32 Å². The first-order chi connectivity index (χ1) is 8.60. The van der Waals surface area contributed by atoms with Crippen molar-refractivity contribution in [1.82, 2.24) is 0 Å². The number of esters is 1. The van der Waals surface area contributed by atoms with Gasteiger partial charge in [0, 0.05) is 18.3 Å². The number of rotatable bonds is 3. The van der Waals surface area contributed by atoms with Crippen molar-refractivity contribution in [3.8, 4) is 0 Å². The Kier molecular flexibility index (Phi) is 3.42. The Balaban J connectivity index is 2.08. The molecule has 0 saturated heterocycles. The fourth-order valence-electron chi connectivity index (χ4n) is 2.80. The van der Waals surface area contributed by atoms with Crippen LogP contribution in [-0.2, 0) is 18.8 Å². The topological polar surface area (TPSA) is 52.6 Å². The summed E-state index contributed by atoms with van der Waals surface area (Å²) in [4.78, 5) is 23.5. The van der Waals surface area contributed by atoms with E-state index >= 15 is 0 Å². The summed E-state index contributed by atoms with van der Waals surface area (Å²) in [5.41, 5.74) is 0. The average Bonchev–Trinajstić information content (AvgIpc) is 2.92. The molecule has 0 radical (unpaired) electrons. The first-order valence-corrected chi connectivity index (χ1v) is 9.79. The van der Waals surface area contributed by atoms with Crippen molar-refractivity contribution in [3.05, 3.63) is 0 Å². The van der Waals surface area contributed by atoms with Crippen LogP contribution in [0.1, 0.15) is 27.2 Å². The second kappa shape index (κ2) is 4.41. The fraction of sp³-hybridized carbons (Fsp3) is 0.857. The third-order valence-corrected chi connectivity index (χ3v) is 9.51. The van der Waals surface area contributed by atoms with Gasteiger partial charge in [-0.15, -0.1) is 0 Å². The normalized spacial score (nSPS) is 34.1. The van der Waals surface area contributed by atoms with Crippen LogP contribution in [0.4, 0.5) is 0 Å². The van der Waals surface area contributed by atoms with Crippen LogP contribution in [0.25, 0.3) is 0 Å². The van der Waals surface area contributed by atoms with Crippen LogP contribution in [0.5, 0.6) is 0 Å². The highest BCUT2D eigenvalue weighted by Crippen LogP contribution is 2.58. The van der Waals surface area contributed by atoms with E-state index in [9.17, 15) is 9.59 Å². The van der Waals surface area contributed by atoms with E-state index in [4.69, 9.17) is 9.16 Å². The third-order valence-electron chi connectivity index (χ3n) is 5.00. The number of hydrogen-bond donors (Lipinski definition) is 0. The van der Waals surface area contributed by atoms with Crippen LogP contribution in [-0.4, -0.2) is 33.3 Å². The number of carbonyl (C=O) groups is 2. The van der Waals surface area contributed by atoms with Gasteiger partial charge in [0.1, 0.15) is 5.78 Å². The maximum atomic E-state index is 11.9. The second-order valence-electron chi connectivity index (χ2n) is 7.24. The zero-order valence-electron chi connectivity index (χ0n) is 12.6. The molecule has 4 nitrogen and oxygen atoms in total. The lowest BCUT2D eigenvalue weighted by Gasteiger charge is -2.38. The summed E-state index contributed by atoms with van der Waals surface area (Å²) in [5, 5.41) is 0.115. The van der Waals surface area contributed by atoms with Gasteiger partial charge in [0.2, 0.25) is 0 Å². The van der Waals surface area contributed by atoms with Crippen molar-refractivity contribution in [1.29, 1.82) is 0 Å². The van der Waals surface area contributed by atoms with Gasteiger partial charge in [-0.05, 0) is 18.1 Å². The minimum Gasteiger partial charge on any atom is -0.469 e. The summed E-state index contributed by atoms with van der Waals surface area (Å²) in [6.07, 6.45) is 0.387. The number of fused-ring (bicyclic) bond motifs is 1. The third kappa shape index (κ3) is 2.38. The van der Waals surface area contributed by atoms with Crippen molar-refractivity contribution in [3.63, 3.8) is 0 Å². The van der Waals surface area contributed by atoms with Crippen molar-refractivity contribution in [2.75, 3.05) is 7.11 Å². The predicted molar refractivity (Wildman–Crippen MR) is 74.2 cm³/mol. The Labute approximate surface area is 116 Å². The van der Waals surface area contributed by atoms with E-state index in [-0.39, 0.29) is 40.6 Å². The van der Waals surface area contributed by atoms with Crippen molar-refractivity contribution >= 4 is 20.1 Å². The van der Waals surface area contributed by atoms with Gasteiger partial charge in [-0.2, -0.15) is 0 Å². The highest BCUT2D eigenvalue weighted by atomic mass is 28.4. The zero-order valence-corrected chi connectivity index (χ0v) is 13.6. The first kappa shape index (κ1) is 14.7. The van der Waals surface area contributed by atoms with Crippen molar-refractivity contribution in [2.24, 2.45) is 17.8 Å². The van der Waals surface area contributed by atoms with E-state index in [1.165, 1.54) is 7.11 Å². The molecule has 0 unspecified atom stereocenters. The van der Waals surface area contributed by atoms with Gasteiger partial charge in [-0.3, -0.25) is 9.59 Å². The summed E-state index contributed by atoms with van der Waals surface area (Å²) < 4.78 is 11.1. The summed E-state index contributed by atoms with van der Waals surface area (Å²) in [6, 6.07) is 0. The monoisotopic (exact) mass is 284 g/mol. The Morgan fingerprint density at radius 3 is 2.37 bits per heavy atom. The second-order valence-corrected chi connectivity index (χ2v) is 12.0. The van der Waals surface area contributed by atoms with Gasteiger partial charge in [-0.1, -0.05) is 20.8 Å². The molecule has 0 bridgehead atoms. The van der Waals surface area contributed by atoms with E-state index in [1.807, 2.05) is 0 Å². The maximum Gasteiger partial charge on any atom is 0.309 e. The van der Waals surface area contributed by atoms with Gasteiger partial charge < -0.3 is 9.16 Å². The van der Waals surface area contributed by atoms with E-state index < -0.39 is 8.32 Å². The van der Waals surface area contributed by atoms with Crippen molar-refractivity contribution in [2.45, 2.75) is 51.4 Å². The van der Waals surface area contributed by atoms with Crippen LogP contribution in [0.2, 0.25) is 18.1 Å². The molecule has 4 atom stereocenters. The van der Waals surface area contributed by atoms with Crippen LogP contribution < -0.4 is 0 Å². The van der Waals surface area contributed by atoms with E-state index in [2.05, 4.69) is 33.9 Å². The lowest BCUT2D eigenvalue weighted by molar-refractivity contribution is -0.144. The highest BCUT2D eigenvalue weighted by molar-refractivity contribution is 6.74. The summed E-state index contributed by atoms with van der Waals surface area (Å²) in [5.74, 6) is -0.409. The van der Waals surface area contributed by atoms with Crippen LogP contribution in [0.15, 0.2) is 0 Å². The molecule has 0 amide bonds. The molecule has 2 saturated carbocycles. The van der Waals surface area contributed by atoms with E-state index in [0.717, 1.165) is 0 Å². The molecule has 19 heavy (non-hydrogen) atoms. The van der Waals surface area contributed by atoms with Crippen LogP contribution >= 0.6 is 0 Å². The number of Topliss-reactive ketones (excluding diaryl/α,β-unsaturated/α-hetero) is 1. The van der Waals surface area contributed by atoms with Crippen LogP contribution in [0, 0.1) is 17.8 Å². The number of ether oxygens (including phenoxy) is 1. The molecule has 0 aromatic heterocycles. The minimum absolute atomic E-state index is 0.0640. The van der Waals surface area contributed by atoms with E-state index in [1.54, 1.807) is 0 Å². The average molecular weight is 284 g/mol. The summed E-state index contributed by atoms with van der Waals surface area (Å²) in [6.45, 7) is 10.9. The Bertz CT molecular complexity index is 410. The standard InChI is InChI=1S/C14H24O4Si/c1-14(2,3)19(5,6)18-9-7-8(15)10-11(9)12(10)13(16)17-4/h9-12H,7H2,1-6H3/t9-,10-,11+,12+/m1/s1. The Morgan fingerprint density at radius 1 is 1.32 bits per heavy atom. The van der Waals surface area contributed by atoms with Crippen molar-refractivity contribution < 1.29 is 18.8 Å². The molecule has 0 spiro atoms.